The number of hydrogen-bond donors (Lipinski definition) is 1. The van der Waals surface area contributed by atoms with Gasteiger partial charge in [0.25, 0.3) is 0 Å². The van der Waals surface area contributed by atoms with Gasteiger partial charge in [-0.1, -0.05) is 0 Å². The number of rotatable bonds is 2. The number of hydrogen-bond acceptors (Lipinski definition) is 2. The summed E-state index contributed by atoms with van der Waals surface area (Å²) in [5.41, 5.74) is -0.615. The van der Waals surface area contributed by atoms with Crippen molar-refractivity contribution in [3.63, 3.8) is 0 Å². The Morgan fingerprint density at radius 2 is 2.08 bits per heavy atom. The monoisotopic (exact) mass is 208 g/mol. The number of aliphatic hydroxyl groups is 1. The molecule has 1 nitrogen and oxygen atoms in total. The Morgan fingerprint density at radius 3 is 2.46 bits per heavy atom. The lowest BCUT2D eigenvalue weighted by molar-refractivity contribution is -0.00252. The van der Waals surface area contributed by atoms with Crippen LogP contribution in [-0.2, 0) is 0 Å². The number of alkyl halides is 2. The van der Waals surface area contributed by atoms with E-state index in [1.807, 2.05) is 0 Å². The predicted molar refractivity (Wildman–Crippen MR) is 49.2 cm³/mol. The average Bonchev–Trinajstić information content (AvgIpc) is 2.27. The van der Waals surface area contributed by atoms with E-state index < -0.39 is 11.5 Å². The van der Waals surface area contributed by atoms with Gasteiger partial charge >= 0.3 is 0 Å². The normalized spacial score (nSPS) is 35.8. The van der Waals surface area contributed by atoms with E-state index in [2.05, 4.69) is 0 Å². The van der Waals surface area contributed by atoms with Crippen molar-refractivity contribution in [2.45, 2.75) is 37.2 Å². The second kappa shape index (κ2) is 3.09. The molecule has 76 valence electrons. The van der Waals surface area contributed by atoms with Crippen LogP contribution in [0, 0.1) is 5.92 Å². The van der Waals surface area contributed by atoms with E-state index in [9.17, 15) is 13.9 Å². The molecule has 1 heterocycles. The van der Waals surface area contributed by atoms with E-state index in [4.69, 9.17) is 0 Å². The smallest absolute Gasteiger partial charge is 0.248 e. The summed E-state index contributed by atoms with van der Waals surface area (Å²) < 4.78 is 25.6. The molecule has 0 bridgehead atoms. The third-order valence-electron chi connectivity index (χ3n) is 2.92. The van der Waals surface area contributed by atoms with E-state index in [0.717, 1.165) is 11.5 Å². The van der Waals surface area contributed by atoms with Crippen molar-refractivity contribution in [3.8, 4) is 0 Å². The molecule has 0 aromatic carbocycles. The second-order valence-corrected chi connectivity index (χ2v) is 5.37. The summed E-state index contributed by atoms with van der Waals surface area (Å²) in [6, 6.07) is 0. The van der Waals surface area contributed by atoms with Crippen LogP contribution < -0.4 is 0 Å². The summed E-state index contributed by atoms with van der Waals surface area (Å²) in [6.07, 6.45) is 1.16. The fourth-order valence-electron chi connectivity index (χ4n) is 2.21. The highest BCUT2D eigenvalue weighted by Crippen LogP contribution is 2.45. The first-order valence-corrected chi connectivity index (χ1v) is 5.83. The fourth-order valence-corrected chi connectivity index (χ4v) is 3.12. The first-order valence-electron chi connectivity index (χ1n) is 4.67. The maximum atomic E-state index is 12.8. The van der Waals surface area contributed by atoms with Crippen molar-refractivity contribution in [2.75, 3.05) is 11.5 Å². The largest absolute Gasteiger partial charge is 0.388 e. The van der Waals surface area contributed by atoms with Gasteiger partial charge in [0.05, 0.1) is 5.60 Å². The lowest BCUT2D eigenvalue weighted by Gasteiger charge is -2.37. The van der Waals surface area contributed by atoms with Crippen LogP contribution in [0.5, 0.6) is 0 Å². The van der Waals surface area contributed by atoms with Crippen molar-refractivity contribution in [1.29, 1.82) is 0 Å². The third kappa shape index (κ3) is 2.15. The molecule has 0 amide bonds. The van der Waals surface area contributed by atoms with Crippen molar-refractivity contribution in [2.24, 2.45) is 5.92 Å². The molecule has 0 aromatic heterocycles. The van der Waals surface area contributed by atoms with Crippen LogP contribution in [-0.4, -0.2) is 28.1 Å². The van der Waals surface area contributed by atoms with Crippen molar-refractivity contribution >= 4 is 11.8 Å². The first kappa shape index (κ1) is 9.71. The minimum Gasteiger partial charge on any atom is -0.388 e. The van der Waals surface area contributed by atoms with Gasteiger partial charge < -0.3 is 5.11 Å². The minimum absolute atomic E-state index is 0.0139. The molecular weight excluding hydrogens is 194 g/mol. The second-order valence-electron chi connectivity index (χ2n) is 4.39. The molecule has 13 heavy (non-hydrogen) atoms. The van der Waals surface area contributed by atoms with Gasteiger partial charge in [0, 0.05) is 24.3 Å². The Hall–Kier alpha value is 0.170. The average molecular weight is 208 g/mol. The quantitative estimate of drug-likeness (QED) is 0.751. The molecule has 0 aromatic rings. The van der Waals surface area contributed by atoms with Gasteiger partial charge in [0.2, 0.25) is 5.92 Å². The Kier molecular flexibility index (Phi) is 2.31. The van der Waals surface area contributed by atoms with Gasteiger partial charge in [0.1, 0.15) is 0 Å². The SMILES string of the molecule is OC1(CC2CCC(F)(F)C2)CSC1. The minimum atomic E-state index is -2.46. The van der Waals surface area contributed by atoms with Gasteiger partial charge in [0.15, 0.2) is 0 Å². The molecule has 2 aliphatic rings. The molecule has 0 radical (unpaired) electrons. The number of halogens is 2. The van der Waals surface area contributed by atoms with Gasteiger partial charge in [-0.05, 0) is 18.8 Å². The Morgan fingerprint density at radius 1 is 1.38 bits per heavy atom. The van der Waals surface area contributed by atoms with Crippen molar-refractivity contribution < 1.29 is 13.9 Å². The molecule has 1 saturated carbocycles. The summed E-state index contributed by atoms with van der Waals surface area (Å²) in [6.45, 7) is 0. The molecular formula is C9H14F2OS. The predicted octanol–water partition coefficient (Wildman–Crippen LogP) is 2.29. The zero-order valence-corrected chi connectivity index (χ0v) is 8.25. The number of thioether (sulfide) groups is 1. The fraction of sp³-hybridized carbons (Fsp3) is 1.00. The van der Waals surface area contributed by atoms with Crippen LogP contribution in [0.4, 0.5) is 8.78 Å². The standard InChI is InChI=1S/C9H14F2OS/c10-9(11)2-1-7(4-9)3-8(12)5-13-6-8/h7,12H,1-6H2. The topological polar surface area (TPSA) is 20.2 Å². The molecule has 2 fully saturated rings. The highest BCUT2D eigenvalue weighted by Gasteiger charge is 2.44. The van der Waals surface area contributed by atoms with Crippen molar-refractivity contribution in [3.05, 3.63) is 0 Å². The summed E-state index contributed by atoms with van der Waals surface area (Å²) >= 11 is 1.69. The molecule has 1 aliphatic carbocycles. The summed E-state index contributed by atoms with van der Waals surface area (Å²) in [5, 5.41) is 9.77. The zero-order chi connectivity index (χ0) is 9.53. The van der Waals surface area contributed by atoms with Crippen LogP contribution in [0.2, 0.25) is 0 Å². The van der Waals surface area contributed by atoms with Crippen LogP contribution in [0.25, 0.3) is 0 Å². The lowest BCUT2D eigenvalue weighted by Crippen LogP contribution is -2.44. The molecule has 0 spiro atoms. The van der Waals surface area contributed by atoms with E-state index in [0.29, 0.717) is 12.8 Å². The summed E-state index contributed by atoms with van der Waals surface area (Å²) in [7, 11) is 0. The maximum absolute atomic E-state index is 12.8. The van der Waals surface area contributed by atoms with E-state index in [-0.39, 0.29) is 18.8 Å². The van der Waals surface area contributed by atoms with E-state index >= 15 is 0 Å². The molecule has 4 heteroatoms. The summed E-state index contributed by atoms with van der Waals surface area (Å²) in [5.74, 6) is -0.955. The molecule has 1 N–H and O–H groups in total. The Labute approximate surface area is 80.9 Å². The molecule has 1 aliphatic heterocycles. The maximum Gasteiger partial charge on any atom is 0.248 e. The van der Waals surface area contributed by atoms with Crippen LogP contribution in [0.1, 0.15) is 25.7 Å². The zero-order valence-electron chi connectivity index (χ0n) is 7.43. The first-order chi connectivity index (χ1) is 5.99. The molecule has 1 atom stereocenters. The highest BCUT2D eigenvalue weighted by atomic mass is 32.2. The van der Waals surface area contributed by atoms with Crippen LogP contribution in [0.3, 0.4) is 0 Å². The highest BCUT2D eigenvalue weighted by molar-refractivity contribution is 8.00. The lowest BCUT2D eigenvalue weighted by atomic mass is 9.91. The molecule has 1 saturated heterocycles. The van der Waals surface area contributed by atoms with Gasteiger partial charge in [-0.3, -0.25) is 0 Å². The van der Waals surface area contributed by atoms with Crippen LogP contribution >= 0.6 is 11.8 Å². The summed E-state index contributed by atoms with van der Waals surface area (Å²) in [4.78, 5) is 0. The van der Waals surface area contributed by atoms with E-state index in [1.54, 1.807) is 11.8 Å². The molecule has 2 rings (SSSR count). The Bertz CT molecular complexity index is 204. The van der Waals surface area contributed by atoms with Gasteiger partial charge in [-0.2, -0.15) is 11.8 Å². The van der Waals surface area contributed by atoms with Crippen LogP contribution in [0.15, 0.2) is 0 Å². The third-order valence-corrected chi connectivity index (χ3v) is 4.40. The van der Waals surface area contributed by atoms with Crippen molar-refractivity contribution in [1.82, 2.24) is 0 Å². The van der Waals surface area contributed by atoms with Gasteiger partial charge in [-0.15, -0.1) is 0 Å². The Balaban J connectivity index is 1.83. The van der Waals surface area contributed by atoms with E-state index in [1.165, 1.54) is 0 Å². The molecule has 1 unspecified atom stereocenters. The van der Waals surface area contributed by atoms with Gasteiger partial charge in [-0.25, -0.2) is 8.78 Å².